The number of nitrogens with one attached hydrogen (secondary N) is 1. The Morgan fingerprint density at radius 3 is 1.88 bits per heavy atom. The van der Waals surface area contributed by atoms with Gasteiger partial charge >= 0.3 is 6.09 Å². The van der Waals surface area contributed by atoms with E-state index >= 15 is 0 Å². The Bertz CT molecular complexity index is 2160. The van der Waals surface area contributed by atoms with Gasteiger partial charge in [-0.1, -0.05) is 87.7 Å². The minimum absolute atomic E-state index is 0.101. The quantitative estimate of drug-likeness (QED) is 0.0949. The third-order valence-electron chi connectivity index (χ3n) is 12.8. The Balaban J connectivity index is 0.000000245. The maximum Gasteiger partial charge on any atom is 0.410 e. The van der Waals surface area contributed by atoms with Crippen LogP contribution < -0.4 is 5.32 Å². The number of hydrogen-bond acceptors (Lipinski definition) is 8. The van der Waals surface area contributed by atoms with Crippen molar-refractivity contribution < 1.29 is 29.2 Å². The van der Waals surface area contributed by atoms with Crippen LogP contribution in [-0.4, -0.2) is 80.4 Å². The molecule has 2 heterocycles. The number of likely N-dealkylation sites (tertiary alicyclic amines) is 1. The third kappa shape index (κ3) is 13.7. The minimum atomic E-state index is -1.09. The van der Waals surface area contributed by atoms with Gasteiger partial charge in [-0.3, -0.25) is 0 Å². The number of hydrogen-bond donors (Lipinski definition) is 3. The molecular weight excluding hydrogens is 867 g/mol. The van der Waals surface area contributed by atoms with E-state index < -0.39 is 16.8 Å². The predicted octanol–water partition coefficient (Wildman–Crippen LogP) is 11.6. The van der Waals surface area contributed by atoms with E-state index in [4.69, 9.17) is 14.2 Å². The van der Waals surface area contributed by atoms with Gasteiger partial charge in [0.1, 0.15) is 5.60 Å². The second kappa shape index (κ2) is 23.9. The first-order valence-electron chi connectivity index (χ1n) is 23.2. The number of carbonyl (C=O) groups excluding carboxylic acids is 1. The number of aryl methyl sites for hydroxylation is 2. The molecule has 4 aromatic rings. The number of piperidine rings is 2. The fraction of sp³-hybridized carbons (Fsp3) is 0.519. The Morgan fingerprint density at radius 2 is 1.34 bits per heavy atom. The highest BCUT2D eigenvalue weighted by Crippen LogP contribution is 2.46. The zero-order valence-electron chi connectivity index (χ0n) is 39.4. The van der Waals surface area contributed by atoms with Gasteiger partial charge in [-0.05, 0) is 163 Å². The molecule has 4 aromatic carbocycles. The summed E-state index contributed by atoms with van der Waals surface area (Å²) in [6, 6.07) is 30.8. The SMILES string of the molecule is COCCCC[C@@](O)(c1ccc(Br)cc1-c1cccc(C)c1)[C@@H]1CCCN(C(=O)OC(C)(C)C)C1.COCCCC[C@@](O)(c1ccc(C#N)cc1-c1cccc(C)c1)[C@@H]1CCCNC1. The summed E-state index contributed by atoms with van der Waals surface area (Å²) in [5, 5.41) is 37.6. The molecule has 0 saturated carbocycles. The van der Waals surface area contributed by atoms with Gasteiger partial charge in [0.2, 0.25) is 0 Å². The van der Waals surface area contributed by atoms with Crippen molar-refractivity contribution in [3.8, 4) is 28.3 Å². The van der Waals surface area contributed by atoms with Gasteiger partial charge in [0, 0.05) is 63.4 Å². The van der Waals surface area contributed by atoms with Crippen molar-refractivity contribution >= 4 is 22.0 Å². The zero-order valence-corrected chi connectivity index (χ0v) is 40.9. The van der Waals surface area contributed by atoms with Crippen LogP contribution in [0.5, 0.6) is 0 Å². The lowest BCUT2D eigenvalue weighted by Gasteiger charge is -2.43. The molecule has 6 rings (SSSR count). The van der Waals surface area contributed by atoms with E-state index in [2.05, 4.69) is 89.7 Å². The van der Waals surface area contributed by atoms with Crippen molar-refractivity contribution in [1.82, 2.24) is 10.2 Å². The van der Waals surface area contributed by atoms with E-state index in [1.54, 1.807) is 19.1 Å². The van der Waals surface area contributed by atoms with Gasteiger partial charge in [-0.25, -0.2) is 4.79 Å². The minimum Gasteiger partial charge on any atom is -0.444 e. The van der Waals surface area contributed by atoms with Crippen molar-refractivity contribution in [2.24, 2.45) is 11.8 Å². The maximum atomic E-state index is 12.9. The number of unbranched alkanes of at least 4 members (excludes halogenated alkanes) is 2. The molecule has 2 aliphatic rings. The molecule has 3 N–H and O–H groups in total. The molecule has 2 aliphatic heterocycles. The van der Waals surface area contributed by atoms with E-state index in [1.807, 2.05) is 57.2 Å². The molecule has 346 valence electrons. The highest BCUT2D eigenvalue weighted by Gasteiger charge is 2.43. The van der Waals surface area contributed by atoms with Crippen LogP contribution in [-0.2, 0) is 25.4 Å². The lowest BCUT2D eigenvalue weighted by atomic mass is 9.72. The van der Waals surface area contributed by atoms with Gasteiger partial charge in [-0.15, -0.1) is 0 Å². The van der Waals surface area contributed by atoms with Crippen molar-refractivity contribution in [2.45, 2.75) is 116 Å². The van der Waals surface area contributed by atoms with E-state index in [1.165, 1.54) is 11.1 Å². The molecule has 1 amide bonds. The number of benzene rings is 4. The second-order valence-corrected chi connectivity index (χ2v) is 19.8. The van der Waals surface area contributed by atoms with E-state index in [-0.39, 0.29) is 17.9 Å². The Labute approximate surface area is 391 Å². The first-order valence-corrected chi connectivity index (χ1v) is 24.0. The summed E-state index contributed by atoms with van der Waals surface area (Å²) < 4.78 is 17.1. The molecule has 0 spiro atoms. The summed E-state index contributed by atoms with van der Waals surface area (Å²) >= 11 is 3.64. The topological polar surface area (TPSA) is 124 Å². The van der Waals surface area contributed by atoms with Gasteiger partial charge in [0.25, 0.3) is 0 Å². The lowest BCUT2D eigenvalue weighted by molar-refractivity contribution is -0.0638. The number of amides is 1. The van der Waals surface area contributed by atoms with E-state index in [0.717, 1.165) is 102 Å². The fourth-order valence-corrected chi connectivity index (χ4v) is 9.87. The number of rotatable bonds is 16. The zero-order chi connectivity index (χ0) is 46.3. The smallest absolute Gasteiger partial charge is 0.410 e. The maximum absolute atomic E-state index is 12.9. The molecule has 4 atom stereocenters. The number of nitriles is 1. The van der Waals surface area contributed by atoms with Crippen LogP contribution in [0.2, 0.25) is 0 Å². The first kappa shape index (κ1) is 50.9. The van der Waals surface area contributed by atoms with Crippen LogP contribution in [0.1, 0.15) is 113 Å². The summed E-state index contributed by atoms with van der Waals surface area (Å²) in [5.74, 6) is 0.0475. The molecule has 0 bridgehead atoms. The van der Waals surface area contributed by atoms with Gasteiger partial charge in [-0.2, -0.15) is 5.26 Å². The van der Waals surface area contributed by atoms with Crippen molar-refractivity contribution in [3.05, 3.63) is 117 Å². The molecule has 9 nitrogen and oxygen atoms in total. The van der Waals surface area contributed by atoms with Crippen molar-refractivity contribution in [1.29, 1.82) is 5.26 Å². The first-order chi connectivity index (χ1) is 30.6. The van der Waals surface area contributed by atoms with E-state index in [0.29, 0.717) is 44.7 Å². The predicted molar refractivity (Wildman–Crippen MR) is 261 cm³/mol. The molecule has 0 unspecified atom stereocenters. The van der Waals surface area contributed by atoms with Crippen LogP contribution >= 0.6 is 15.9 Å². The van der Waals surface area contributed by atoms with E-state index in [9.17, 15) is 20.3 Å². The number of nitrogens with zero attached hydrogens (tertiary/aromatic N) is 2. The monoisotopic (exact) mass is 937 g/mol. The largest absolute Gasteiger partial charge is 0.444 e. The average Bonchev–Trinajstić information content (AvgIpc) is 3.29. The second-order valence-electron chi connectivity index (χ2n) is 18.9. The highest BCUT2D eigenvalue weighted by molar-refractivity contribution is 9.10. The van der Waals surface area contributed by atoms with Crippen LogP contribution in [0.4, 0.5) is 4.79 Å². The van der Waals surface area contributed by atoms with Crippen LogP contribution in [0.25, 0.3) is 22.3 Å². The summed E-state index contributed by atoms with van der Waals surface area (Å²) in [5.41, 5.74) is 6.35. The van der Waals surface area contributed by atoms with Gasteiger partial charge < -0.3 is 34.6 Å². The number of halogens is 1. The summed E-state index contributed by atoms with van der Waals surface area (Å²) in [4.78, 5) is 14.7. The molecule has 10 heteroatoms. The molecule has 64 heavy (non-hydrogen) atoms. The molecule has 0 aliphatic carbocycles. The third-order valence-corrected chi connectivity index (χ3v) is 13.2. The Hall–Kier alpha value is -4.08. The fourth-order valence-electron chi connectivity index (χ4n) is 9.51. The normalized spacial score (nSPS) is 18.5. The summed E-state index contributed by atoms with van der Waals surface area (Å²) in [6.07, 6.45) is 8.26. The number of carbonyl (C=O) groups is 1. The lowest BCUT2D eigenvalue weighted by Crippen LogP contribution is -2.49. The van der Waals surface area contributed by atoms with Crippen LogP contribution in [0.15, 0.2) is 89.4 Å². The molecule has 2 fully saturated rings. The highest BCUT2D eigenvalue weighted by atomic mass is 79.9. The standard InChI is InChI=1S/C29H40BrNO4.C25H32N2O2/c1-21-10-8-11-22(18-21)25-19-24(30)13-14-26(25)29(33,15-6-7-17-34-5)23-12-9-16-31(20-23)27(32)35-28(2,3)4;1-19-7-5-8-21(15-19)23-16-20(17-26)10-11-24(23)25(28,12-3-4-14-29-2)22-9-6-13-27-18-22/h8,10-11,13-14,18-19,23,33H,6-7,9,12,15-17,20H2,1-5H3;5,7-8,10-11,15-16,22,27-28H,3-4,6,9,12-14,18H2,1-2H3/t23-,29+;22-,25+/m11/s1. The number of methoxy groups -OCH3 is 2. The summed E-state index contributed by atoms with van der Waals surface area (Å²) in [7, 11) is 3.42. The van der Waals surface area contributed by atoms with Crippen LogP contribution in [0, 0.1) is 37.0 Å². The number of aliphatic hydroxyl groups is 2. The Kier molecular flexibility index (Phi) is 19.0. The molecule has 2 saturated heterocycles. The van der Waals surface area contributed by atoms with Crippen LogP contribution in [0.3, 0.4) is 0 Å². The molecule has 0 aromatic heterocycles. The van der Waals surface area contributed by atoms with Crippen molar-refractivity contribution in [3.63, 3.8) is 0 Å². The van der Waals surface area contributed by atoms with Crippen molar-refractivity contribution in [2.75, 3.05) is 53.6 Å². The molecular formula is C54H72BrN3O6. The number of ether oxygens (including phenoxy) is 3. The average molecular weight is 939 g/mol. The van der Waals surface area contributed by atoms with Gasteiger partial charge in [0.05, 0.1) is 22.8 Å². The summed E-state index contributed by atoms with van der Waals surface area (Å²) in [6.45, 7) is 14.1. The Morgan fingerprint density at radius 1 is 0.781 bits per heavy atom. The molecule has 0 radical (unpaired) electrons. The van der Waals surface area contributed by atoms with Gasteiger partial charge in [0.15, 0.2) is 0 Å².